The standard InChI is InChI=1S/C19H21ClN4O3/c1-21-19(24-11-13-2-7-16-17(10-13)27-12-26-16)23-9-8-22-18(25)14-3-5-15(20)6-4-14/h2-7,10H,8-9,11-12H2,1H3,(H,22,25)(H2,21,23,24). The van der Waals surface area contributed by atoms with Crippen molar-refractivity contribution in [3.8, 4) is 11.5 Å². The maximum Gasteiger partial charge on any atom is 0.251 e. The lowest BCUT2D eigenvalue weighted by Gasteiger charge is -2.12. The van der Waals surface area contributed by atoms with Gasteiger partial charge in [0.1, 0.15) is 0 Å². The van der Waals surface area contributed by atoms with Crippen molar-refractivity contribution in [2.24, 2.45) is 4.99 Å². The summed E-state index contributed by atoms with van der Waals surface area (Å²) in [5.41, 5.74) is 1.63. The summed E-state index contributed by atoms with van der Waals surface area (Å²) in [5, 5.41) is 9.82. The molecule has 8 heteroatoms. The summed E-state index contributed by atoms with van der Waals surface area (Å²) in [7, 11) is 1.70. The maximum atomic E-state index is 12.0. The molecular weight excluding hydrogens is 368 g/mol. The molecule has 0 unspecified atom stereocenters. The molecule has 27 heavy (non-hydrogen) atoms. The Balaban J connectivity index is 1.39. The minimum absolute atomic E-state index is 0.142. The average Bonchev–Trinajstić information content (AvgIpc) is 3.15. The van der Waals surface area contributed by atoms with Gasteiger partial charge in [0.15, 0.2) is 17.5 Å². The first-order chi connectivity index (χ1) is 13.2. The summed E-state index contributed by atoms with van der Waals surface area (Å²) < 4.78 is 10.7. The number of nitrogens with zero attached hydrogens (tertiary/aromatic N) is 1. The number of guanidine groups is 1. The quantitative estimate of drug-likeness (QED) is 0.401. The number of carbonyl (C=O) groups is 1. The van der Waals surface area contributed by atoms with E-state index in [0.29, 0.717) is 36.2 Å². The van der Waals surface area contributed by atoms with Gasteiger partial charge in [-0.2, -0.15) is 0 Å². The second kappa shape index (κ2) is 9.14. The third-order valence-electron chi connectivity index (χ3n) is 3.93. The van der Waals surface area contributed by atoms with Crippen LogP contribution in [0.4, 0.5) is 0 Å². The first-order valence-corrected chi connectivity index (χ1v) is 8.90. The Bertz CT molecular complexity index is 824. The van der Waals surface area contributed by atoms with Crippen LogP contribution in [0.25, 0.3) is 0 Å². The van der Waals surface area contributed by atoms with Crippen LogP contribution < -0.4 is 25.4 Å². The van der Waals surface area contributed by atoms with Crippen molar-refractivity contribution in [1.29, 1.82) is 0 Å². The Kier molecular flexibility index (Phi) is 6.38. The first kappa shape index (κ1) is 18.8. The smallest absolute Gasteiger partial charge is 0.251 e. The molecule has 1 aliphatic rings. The molecule has 0 spiro atoms. The normalized spacial score (nSPS) is 12.6. The SMILES string of the molecule is CN=C(NCCNC(=O)c1ccc(Cl)cc1)NCc1ccc2c(c1)OCO2. The van der Waals surface area contributed by atoms with Crippen molar-refractivity contribution in [3.05, 3.63) is 58.6 Å². The molecule has 142 valence electrons. The van der Waals surface area contributed by atoms with Crippen molar-refractivity contribution in [2.45, 2.75) is 6.54 Å². The lowest BCUT2D eigenvalue weighted by atomic mass is 10.2. The van der Waals surface area contributed by atoms with Gasteiger partial charge >= 0.3 is 0 Å². The fourth-order valence-corrected chi connectivity index (χ4v) is 2.64. The Morgan fingerprint density at radius 1 is 1.04 bits per heavy atom. The number of nitrogens with one attached hydrogen (secondary N) is 3. The van der Waals surface area contributed by atoms with Crippen LogP contribution in [0.1, 0.15) is 15.9 Å². The van der Waals surface area contributed by atoms with Gasteiger partial charge in [-0.05, 0) is 42.0 Å². The summed E-state index contributed by atoms with van der Waals surface area (Å²) in [6.07, 6.45) is 0. The molecule has 2 aromatic rings. The highest BCUT2D eigenvalue weighted by molar-refractivity contribution is 6.30. The van der Waals surface area contributed by atoms with Gasteiger partial charge in [-0.15, -0.1) is 0 Å². The number of hydrogen-bond acceptors (Lipinski definition) is 4. The highest BCUT2D eigenvalue weighted by atomic mass is 35.5. The van der Waals surface area contributed by atoms with Crippen molar-refractivity contribution in [3.63, 3.8) is 0 Å². The van der Waals surface area contributed by atoms with Crippen LogP contribution in [0.5, 0.6) is 11.5 Å². The highest BCUT2D eigenvalue weighted by Crippen LogP contribution is 2.32. The van der Waals surface area contributed by atoms with Crippen LogP contribution in [0, 0.1) is 0 Å². The third kappa shape index (κ3) is 5.27. The van der Waals surface area contributed by atoms with Gasteiger partial charge in [-0.3, -0.25) is 9.79 Å². The lowest BCUT2D eigenvalue weighted by Crippen LogP contribution is -2.41. The van der Waals surface area contributed by atoms with E-state index in [9.17, 15) is 4.79 Å². The molecule has 0 bridgehead atoms. The monoisotopic (exact) mass is 388 g/mol. The van der Waals surface area contributed by atoms with Crippen LogP contribution in [-0.2, 0) is 6.54 Å². The highest BCUT2D eigenvalue weighted by Gasteiger charge is 2.13. The summed E-state index contributed by atoms with van der Waals surface area (Å²) in [6, 6.07) is 12.6. The van der Waals surface area contributed by atoms with Gasteiger partial charge in [0, 0.05) is 37.3 Å². The minimum Gasteiger partial charge on any atom is -0.454 e. The zero-order chi connectivity index (χ0) is 19.1. The van der Waals surface area contributed by atoms with Crippen molar-refractivity contribution >= 4 is 23.5 Å². The van der Waals surface area contributed by atoms with Gasteiger partial charge in [0.2, 0.25) is 6.79 Å². The number of benzene rings is 2. The van der Waals surface area contributed by atoms with Gasteiger partial charge in [-0.25, -0.2) is 0 Å². The van der Waals surface area contributed by atoms with E-state index in [-0.39, 0.29) is 12.7 Å². The van der Waals surface area contributed by atoms with E-state index >= 15 is 0 Å². The number of halogens is 1. The van der Waals surface area contributed by atoms with Crippen LogP contribution in [0.3, 0.4) is 0 Å². The summed E-state index contributed by atoms with van der Waals surface area (Å²) in [4.78, 5) is 16.2. The molecule has 0 atom stereocenters. The van der Waals surface area contributed by atoms with E-state index in [0.717, 1.165) is 17.1 Å². The third-order valence-corrected chi connectivity index (χ3v) is 4.18. The number of ether oxygens (including phenoxy) is 2. The van der Waals surface area contributed by atoms with E-state index in [1.807, 2.05) is 18.2 Å². The Morgan fingerprint density at radius 3 is 2.56 bits per heavy atom. The molecule has 1 heterocycles. The molecule has 3 rings (SSSR count). The molecule has 2 aromatic carbocycles. The zero-order valence-electron chi connectivity index (χ0n) is 14.9. The summed E-state index contributed by atoms with van der Waals surface area (Å²) >= 11 is 5.82. The molecule has 0 fully saturated rings. The average molecular weight is 389 g/mol. The van der Waals surface area contributed by atoms with Gasteiger partial charge in [0.05, 0.1) is 0 Å². The van der Waals surface area contributed by atoms with Crippen LogP contribution in [0.2, 0.25) is 5.02 Å². The second-order valence-electron chi connectivity index (χ2n) is 5.80. The van der Waals surface area contributed by atoms with Crippen LogP contribution >= 0.6 is 11.6 Å². The Morgan fingerprint density at radius 2 is 1.78 bits per heavy atom. The van der Waals surface area contributed by atoms with Gasteiger partial charge in [-0.1, -0.05) is 17.7 Å². The molecule has 0 aliphatic carbocycles. The predicted molar refractivity (Wildman–Crippen MR) is 105 cm³/mol. The topological polar surface area (TPSA) is 84.0 Å². The molecular formula is C19H21ClN4O3. The number of hydrogen-bond donors (Lipinski definition) is 3. The number of carbonyl (C=O) groups excluding carboxylic acids is 1. The molecule has 1 amide bonds. The van der Waals surface area contributed by atoms with Crippen LogP contribution in [-0.4, -0.2) is 38.8 Å². The number of rotatable bonds is 6. The van der Waals surface area contributed by atoms with Gasteiger partial charge < -0.3 is 25.4 Å². The zero-order valence-corrected chi connectivity index (χ0v) is 15.7. The Labute approximate surface area is 162 Å². The fraction of sp³-hybridized carbons (Fsp3) is 0.263. The molecule has 0 saturated heterocycles. The molecule has 0 saturated carbocycles. The van der Waals surface area contributed by atoms with Crippen molar-refractivity contribution in [1.82, 2.24) is 16.0 Å². The first-order valence-electron chi connectivity index (χ1n) is 8.52. The number of amides is 1. The molecule has 1 aliphatic heterocycles. The van der Waals surface area contributed by atoms with E-state index in [2.05, 4.69) is 20.9 Å². The van der Waals surface area contributed by atoms with Crippen LogP contribution in [0.15, 0.2) is 47.5 Å². The Hall–Kier alpha value is -2.93. The number of aliphatic imine (C=N–C) groups is 1. The molecule has 3 N–H and O–H groups in total. The fourth-order valence-electron chi connectivity index (χ4n) is 2.52. The minimum atomic E-state index is -0.142. The predicted octanol–water partition coefficient (Wildman–Crippen LogP) is 2.16. The van der Waals surface area contributed by atoms with Gasteiger partial charge in [0.25, 0.3) is 5.91 Å². The van der Waals surface area contributed by atoms with Crippen molar-refractivity contribution < 1.29 is 14.3 Å². The molecule has 0 aromatic heterocycles. The largest absolute Gasteiger partial charge is 0.454 e. The number of fused-ring (bicyclic) bond motifs is 1. The maximum absolute atomic E-state index is 12.0. The van der Waals surface area contributed by atoms with E-state index < -0.39 is 0 Å². The van der Waals surface area contributed by atoms with E-state index in [1.165, 1.54) is 0 Å². The molecule has 7 nitrogen and oxygen atoms in total. The lowest BCUT2D eigenvalue weighted by molar-refractivity contribution is 0.0954. The summed E-state index contributed by atoms with van der Waals surface area (Å²) in [6.45, 7) is 1.86. The summed E-state index contributed by atoms with van der Waals surface area (Å²) in [5.74, 6) is 2.02. The van der Waals surface area contributed by atoms with Crippen molar-refractivity contribution in [2.75, 3.05) is 26.9 Å². The molecule has 0 radical (unpaired) electrons. The van der Waals surface area contributed by atoms with E-state index in [1.54, 1.807) is 31.3 Å². The second-order valence-corrected chi connectivity index (χ2v) is 6.24. The van der Waals surface area contributed by atoms with E-state index in [4.69, 9.17) is 21.1 Å².